The summed E-state index contributed by atoms with van der Waals surface area (Å²) >= 11 is 0. The summed E-state index contributed by atoms with van der Waals surface area (Å²) in [6, 6.07) is 9.89. The topological polar surface area (TPSA) is 67.2 Å². The monoisotopic (exact) mass is 387 g/mol. The number of aryl methyl sites for hydroxylation is 1. The smallest absolute Gasteiger partial charge is 0.220 e. The van der Waals surface area contributed by atoms with Crippen molar-refractivity contribution in [3.8, 4) is 11.3 Å². The molecule has 140 valence electrons. The summed E-state index contributed by atoms with van der Waals surface area (Å²) in [5.74, 6) is 1.53. The second kappa shape index (κ2) is 13.7. The Morgan fingerprint density at radius 3 is 2.60 bits per heavy atom. The van der Waals surface area contributed by atoms with E-state index in [0.717, 1.165) is 37.3 Å². The second-order valence-electron chi connectivity index (χ2n) is 5.44. The first kappa shape index (κ1) is 23.4. The van der Waals surface area contributed by atoms with Gasteiger partial charge < -0.3 is 15.1 Å². The van der Waals surface area contributed by atoms with E-state index in [9.17, 15) is 4.79 Å². The van der Waals surface area contributed by atoms with Crippen molar-refractivity contribution in [2.24, 2.45) is 0 Å². The molecule has 5 nitrogen and oxygen atoms in total. The normalized spacial score (nSPS) is 9.80. The molecule has 1 amide bonds. The second-order valence-corrected chi connectivity index (χ2v) is 5.44. The van der Waals surface area contributed by atoms with Crippen molar-refractivity contribution in [2.45, 2.75) is 32.6 Å². The first-order valence-corrected chi connectivity index (χ1v) is 8.27. The third-order valence-corrected chi connectivity index (χ3v) is 3.46. The van der Waals surface area contributed by atoms with Crippen LogP contribution in [0.25, 0.3) is 11.3 Å². The summed E-state index contributed by atoms with van der Waals surface area (Å²) in [5, 5.41) is 6.16. The minimum Gasteiger partial charge on any atom is -0.441 e. The number of hydrogen-bond acceptors (Lipinski definition) is 4. The maximum absolute atomic E-state index is 11.7. The van der Waals surface area contributed by atoms with E-state index in [2.05, 4.69) is 22.5 Å². The summed E-state index contributed by atoms with van der Waals surface area (Å²) in [6.45, 7) is 4.61. The lowest BCUT2D eigenvalue weighted by Crippen LogP contribution is -2.31. The molecule has 0 saturated heterocycles. The van der Waals surface area contributed by atoms with Gasteiger partial charge in [0.05, 0.1) is 6.20 Å². The van der Waals surface area contributed by atoms with Gasteiger partial charge in [-0.1, -0.05) is 37.3 Å². The number of carbonyl (C=O) groups excluding carboxylic acids is 1. The quantitative estimate of drug-likeness (QED) is 0.610. The molecule has 0 spiro atoms. The summed E-state index contributed by atoms with van der Waals surface area (Å²) in [4.78, 5) is 16.0. The van der Waals surface area contributed by atoms with Crippen molar-refractivity contribution in [2.75, 3.05) is 19.6 Å². The molecule has 2 aromatic rings. The summed E-state index contributed by atoms with van der Waals surface area (Å²) < 4.78 is 5.72. The Bertz CT molecular complexity index is 591. The largest absolute Gasteiger partial charge is 0.441 e. The Kier molecular flexibility index (Phi) is 12.8. The molecule has 0 radical (unpaired) electrons. The van der Waals surface area contributed by atoms with E-state index in [1.807, 2.05) is 30.3 Å². The fraction of sp³-hybridized carbons (Fsp3) is 0.444. The lowest BCUT2D eigenvalue weighted by Gasteiger charge is -2.05. The first-order valence-electron chi connectivity index (χ1n) is 8.27. The molecule has 25 heavy (non-hydrogen) atoms. The van der Waals surface area contributed by atoms with Crippen LogP contribution < -0.4 is 10.6 Å². The van der Waals surface area contributed by atoms with Gasteiger partial charge in [-0.25, -0.2) is 4.98 Å². The molecule has 0 atom stereocenters. The van der Waals surface area contributed by atoms with E-state index in [0.29, 0.717) is 25.3 Å². The fourth-order valence-electron chi connectivity index (χ4n) is 2.24. The molecule has 0 saturated carbocycles. The number of rotatable bonds is 10. The van der Waals surface area contributed by atoms with Crippen molar-refractivity contribution in [1.82, 2.24) is 15.6 Å². The van der Waals surface area contributed by atoms with E-state index in [1.54, 1.807) is 6.20 Å². The molecule has 0 aliphatic rings. The van der Waals surface area contributed by atoms with Gasteiger partial charge in [0.2, 0.25) is 5.91 Å². The number of amides is 1. The van der Waals surface area contributed by atoms with E-state index >= 15 is 0 Å². The van der Waals surface area contributed by atoms with Crippen LogP contribution in [0.4, 0.5) is 0 Å². The maximum Gasteiger partial charge on any atom is 0.220 e. The summed E-state index contributed by atoms with van der Waals surface area (Å²) in [5.41, 5.74) is 1.02. The number of aromatic nitrogens is 1. The van der Waals surface area contributed by atoms with Crippen molar-refractivity contribution >= 4 is 30.7 Å². The summed E-state index contributed by atoms with van der Waals surface area (Å²) in [7, 11) is 0. The molecule has 0 fully saturated rings. The molecule has 2 rings (SSSR count). The summed E-state index contributed by atoms with van der Waals surface area (Å²) in [6.07, 6.45) is 4.76. The SMILES string of the molecule is CCCNCCNC(=O)CCCc1ncc(-c2ccccc2)o1.Cl.Cl. The predicted molar refractivity (Wildman–Crippen MR) is 106 cm³/mol. The van der Waals surface area contributed by atoms with Crippen LogP contribution >= 0.6 is 24.8 Å². The standard InChI is InChI=1S/C18H25N3O2.2ClH/c1-2-11-19-12-13-20-17(22)9-6-10-18-21-14-16(23-18)15-7-4-3-5-8-15;;/h3-5,7-8,14,19H,2,6,9-13H2,1H3,(H,20,22);2*1H. The van der Waals surface area contributed by atoms with E-state index in [-0.39, 0.29) is 30.7 Å². The molecular weight excluding hydrogens is 361 g/mol. The van der Waals surface area contributed by atoms with Gasteiger partial charge in [-0.15, -0.1) is 24.8 Å². The molecular formula is C18H27Cl2N3O2. The van der Waals surface area contributed by atoms with Crippen LogP contribution in [-0.4, -0.2) is 30.5 Å². The third-order valence-electron chi connectivity index (χ3n) is 3.46. The van der Waals surface area contributed by atoms with Crippen LogP contribution in [-0.2, 0) is 11.2 Å². The molecule has 0 unspecified atom stereocenters. The Morgan fingerprint density at radius 2 is 1.88 bits per heavy atom. The average Bonchev–Trinajstić information content (AvgIpc) is 3.04. The van der Waals surface area contributed by atoms with Crippen LogP contribution in [0.5, 0.6) is 0 Å². The molecule has 7 heteroatoms. The number of nitrogens with zero attached hydrogens (tertiary/aromatic N) is 1. The first-order chi connectivity index (χ1) is 11.3. The number of halogens is 2. The molecule has 0 aliphatic heterocycles. The van der Waals surface area contributed by atoms with Gasteiger partial charge in [0, 0.05) is 31.5 Å². The van der Waals surface area contributed by atoms with Crippen molar-refractivity contribution < 1.29 is 9.21 Å². The molecule has 1 heterocycles. The lowest BCUT2D eigenvalue weighted by atomic mass is 10.2. The highest BCUT2D eigenvalue weighted by Crippen LogP contribution is 2.20. The van der Waals surface area contributed by atoms with Gasteiger partial charge >= 0.3 is 0 Å². The molecule has 0 aliphatic carbocycles. The van der Waals surface area contributed by atoms with Gasteiger partial charge in [-0.05, 0) is 19.4 Å². The van der Waals surface area contributed by atoms with Crippen molar-refractivity contribution in [3.05, 3.63) is 42.4 Å². The Balaban J connectivity index is 0.00000288. The lowest BCUT2D eigenvalue weighted by molar-refractivity contribution is -0.121. The van der Waals surface area contributed by atoms with Gasteiger partial charge in [0.1, 0.15) is 0 Å². The van der Waals surface area contributed by atoms with Crippen LogP contribution in [0.1, 0.15) is 32.1 Å². The highest BCUT2D eigenvalue weighted by molar-refractivity contribution is 5.85. The van der Waals surface area contributed by atoms with Crippen molar-refractivity contribution in [3.63, 3.8) is 0 Å². The number of nitrogens with one attached hydrogen (secondary N) is 2. The average molecular weight is 388 g/mol. The number of hydrogen-bond donors (Lipinski definition) is 2. The number of oxazole rings is 1. The third kappa shape index (κ3) is 8.91. The zero-order chi connectivity index (χ0) is 16.3. The van der Waals surface area contributed by atoms with Gasteiger partial charge in [0.15, 0.2) is 11.7 Å². The van der Waals surface area contributed by atoms with E-state index in [1.165, 1.54) is 0 Å². The molecule has 0 bridgehead atoms. The van der Waals surface area contributed by atoms with Crippen LogP contribution in [0, 0.1) is 0 Å². The molecule has 1 aromatic carbocycles. The molecule has 1 aromatic heterocycles. The van der Waals surface area contributed by atoms with E-state index < -0.39 is 0 Å². The van der Waals surface area contributed by atoms with Gasteiger partial charge in [-0.2, -0.15) is 0 Å². The highest BCUT2D eigenvalue weighted by atomic mass is 35.5. The minimum absolute atomic E-state index is 0. The van der Waals surface area contributed by atoms with Crippen molar-refractivity contribution in [1.29, 1.82) is 0 Å². The number of carbonyl (C=O) groups is 1. The van der Waals surface area contributed by atoms with Crippen LogP contribution in [0.2, 0.25) is 0 Å². The predicted octanol–water partition coefficient (Wildman–Crippen LogP) is 3.62. The number of benzene rings is 1. The Labute approximate surface area is 161 Å². The Morgan fingerprint density at radius 1 is 1.12 bits per heavy atom. The highest BCUT2D eigenvalue weighted by Gasteiger charge is 2.07. The zero-order valence-corrected chi connectivity index (χ0v) is 16.1. The minimum atomic E-state index is 0. The van der Waals surface area contributed by atoms with Gasteiger partial charge in [-0.3, -0.25) is 4.79 Å². The maximum atomic E-state index is 11.7. The van der Waals surface area contributed by atoms with Crippen LogP contribution in [0.15, 0.2) is 40.9 Å². The Hall–Kier alpha value is -1.56. The van der Waals surface area contributed by atoms with Gasteiger partial charge in [0.25, 0.3) is 0 Å². The van der Waals surface area contributed by atoms with E-state index in [4.69, 9.17) is 4.42 Å². The van der Waals surface area contributed by atoms with Crippen LogP contribution in [0.3, 0.4) is 0 Å². The fourth-order valence-corrected chi connectivity index (χ4v) is 2.24. The zero-order valence-electron chi connectivity index (χ0n) is 14.5. The molecule has 2 N–H and O–H groups in total.